The standard InChI is InChI=1S/C8H8I2N2/c1-6-3-2-4-7-5-11(10)8(9)12(6)7/h2-5,8H,1H3. The van der Waals surface area contributed by atoms with Gasteiger partial charge in [-0.3, -0.25) is 3.11 Å². The maximum absolute atomic E-state index is 2.43. The third-order valence-electron chi connectivity index (χ3n) is 1.93. The largest absolute Gasteiger partial charge is 0.314 e. The first kappa shape index (κ1) is 8.86. The topological polar surface area (TPSA) is 6.48 Å². The van der Waals surface area contributed by atoms with Crippen molar-refractivity contribution in [1.82, 2.24) is 8.01 Å². The molecule has 0 aromatic carbocycles. The van der Waals surface area contributed by atoms with Crippen LogP contribution in [0.25, 0.3) is 0 Å². The fourth-order valence-corrected chi connectivity index (χ4v) is 2.80. The maximum Gasteiger partial charge on any atom is 0.167 e. The first-order chi connectivity index (χ1) is 5.70. The molecule has 0 aromatic rings. The molecule has 0 radical (unpaired) electrons. The van der Waals surface area contributed by atoms with Crippen molar-refractivity contribution in [3.8, 4) is 0 Å². The summed E-state index contributed by atoms with van der Waals surface area (Å²) in [6.07, 6.45) is 8.53. The SMILES string of the molecule is CC1=CC=CC2=CN(I)C(I)N12. The summed E-state index contributed by atoms with van der Waals surface area (Å²) in [5.41, 5.74) is 2.59. The predicted octanol–water partition coefficient (Wildman–Crippen LogP) is 2.99. The van der Waals surface area contributed by atoms with Crippen molar-refractivity contribution in [2.24, 2.45) is 0 Å². The quantitative estimate of drug-likeness (QED) is 0.274. The van der Waals surface area contributed by atoms with Gasteiger partial charge in [0.2, 0.25) is 0 Å². The Labute approximate surface area is 99.6 Å². The van der Waals surface area contributed by atoms with Crippen LogP contribution in [0.1, 0.15) is 6.92 Å². The monoisotopic (exact) mass is 386 g/mol. The minimum atomic E-state index is 0.416. The van der Waals surface area contributed by atoms with Crippen molar-refractivity contribution < 1.29 is 0 Å². The molecule has 2 aliphatic rings. The van der Waals surface area contributed by atoms with Crippen LogP contribution < -0.4 is 0 Å². The summed E-state index contributed by atoms with van der Waals surface area (Å²) < 4.78 is 2.60. The first-order valence-corrected chi connectivity index (χ1v) is 5.85. The first-order valence-electron chi connectivity index (χ1n) is 3.64. The molecule has 1 unspecified atom stereocenters. The van der Waals surface area contributed by atoms with Crippen LogP contribution in [-0.4, -0.2) is 12.2 Å². The molecule has 0 N–H and O–H groups in total. The fourth-order valence-electron chi connectivity index (χ4n) is 1.34. The van der Waals surface area contributed by atoms with Crippen molar-refractivity contribution in [3.05, 3.63) is 35.8 Å². The van der Waals surface area contributed by atoms with Gasteiger partial charge in [-0.15, -0.1) is 0 Å². The second-order valence-electron chi connectivity index (χ2n) is 2.75. The molecule has 4 heteroatoms. The van der Waals surface area contributed by atoms with E-state index in [0.717, 1.165) is 0 Å². The van der Waals surface area contributed by atoms with E-state index < -0.39 is 0 Å². The van der Waals surface area contributed by atoms with Gasteiger partial charge in [0.25, 0.3) is 0 Å². The third-order valence-corrected chi connectivity index (χ3v) is 4.96. The van der Waals surface area contributed by atoms with E-state index in [9.17, 15) is 0 Å². The number of hydrogen-bond donors (Lipinski definition) is 0. The van der Waals surface area contributed by atoms with E-state index in [4.69, 9.17) is 0 Å². The van der Waals surface area contributed by atoms with Gasteiger partial charge in [0.1, 0.15) is 0 Å². The molecule has 0 bridgehead atoms. The Hall–Kier alpha value is 0.280. The minimum absolute atomic E-state index is 0.416. The van der Waals surface area contributed by atoms with Crippen LogP contribution in [0, 0.1) is 0 Å². The summed E-state index contributed by atoms with van der Waals surface area (Å²) in [6.45, 7) is 2.14. The zero-order valence-electron chi connectivity index (χ0n) is 6.54. The summed E-state index contributed by atoms with van der Waals surface area (Å²) in [6, 6.07) is 0. The highest BCUT2D eigenvalue weighted by Crippen LogP contribution is 2.35. The van der Waals surface area contributed by atoms with E-state index in [2.05, 4.69) is 84.8 Å². The highest BCUT2D eigenvalue weighted by molar-refractivity contribution is 14.1. The van der Waals surface area contributed by atoms with Gasteiger partial charge in [-0.05, 0) is 41.7 Å². The number of halogens is 2. The van der Waals surface area contributed by atoms with Gasteiger partial charge in [-0.1, -0.05) is 6.08 Å². The van der Waals surface area contributed by atoms with Gasteiger partial charge in [0.05, 0.1) is 28.6 Å². The highest BCUT2D eigenvalue weighted by Gasteiger charge is 2.29. The summed E-state index contributed by atoms with van der Waals surface area (Å²) in [5.74, 6) is 0. The van der Waals surface area contributed by atoms with E-state index in [-0.39, 0.29) is 0 Å². The van der Waals surface area contributed by atoms with E-state index in [1.54, 1.807) is 0 Å². The van der Waals surface area contributed by atoms with Crippen molar-refractivity contribution in [1.29, 1.82) is 0 Å². The van der Waals surface area contributed by atoms with Gasteiger partial charge in [0.15, 0.2) is 4.17 Å². The normalized spacial score (nSPS) is 27.1. The Balaban J connectivity index is 2.37. The molecule has 1 atom stereocenters. The summed E-state index contributed by atoms with van der Waals surface area (Å²) >= 11 is 4.74. The predicted molar refractivity (Wildman–Crippen MR) is 66.5 cm³/mol. The molecular formula is C8H8I2N2. The van der Waals surface area contributed by atoms with Crippen LogP contribution in [0.5, 0.6) is 0 Å². The summed E-state index contributed by atoms with van der Waals surface area (Å²) in [4.78, 5) is 2.31. The smallest absolute Gasteiger partial charge is 0.167 e. The number of alkyl halides is 1. The van der Waals surface area contributed by atoms with Crippen LogP contribution in [0.2, 0.25) is 0 Å². The fraction of sp³-hybridized carbons (Fsp3) is 0.250. The molecule has 2 aliphatic heterocycles. The van der Waals surface area contributed by atoms with E-state index >= 15 is 0 Å². The number of hydrogen-bond acceptors (Lipinski definition) is 2. The average molecular weight is 386 g/mol. The average Bonchev–Trinajstić information content (AvgIpc) is 2.29. The lowest BCUT2D eigenvalue weighted by atomic mass is 10.2. The Kier molecular flexibility index (Phi) is 2.37. The Morgan fingerprint density at radius 2 is 2.25 bits per heavy atom. The van der Waals surface area contributed by atoms with E-state index in [0.29, 0.717) is 4.17 Å². The number of fused-ring (bicyclic) bond motifs is 1. The molecule has 64 valence electrons. The molecule has 0 fully saturated rings. The molecule has 0 saturated carbocycles. The molecule has 12 heavy (non-hydrogen) atoms. The Morgan fingerprint density at radius 3 is 2.92 bits per heavy atom. The molecule has 2 rings (SSSR count). The van der Waals surface area contributed by atoms with Crippen molar-refractivity contribution in [3.63, 3.8) is 0 Å². The molecule has 2 nitrogen and oxygen atoms in total. The number of nitrogens with zero attached hydrogens (tertiary/aromatic N) is 2. The third kappa shape index (κ3) is 1.28. The van der Waals surface area contributed by atoms with E-state index in [1.165, 1.54) is 11.4 Å². The lowest BCUT2D eigenvalue weighted by Crippen LogP contribution is -2.29. The van der Waals surface area contributed by atoms with Crippen LogP contribution in [0.3, 0.4) is 0 Å². The van der Waals surface area contributed by atoms with Crippen molar-refractivity contribution >= 4 is 45.5 Å². The van der Waals surface area contributed by atoms with Crippen LogP contribution >= 0.6 is 45.5 Å². The molecule has 0 saturated heterocycles. The molecular weight excluding hydrogens is 378 g/mol. The van der Waals surface area contributed by atoms with Gasteiger partial charge in [0, 0.05) is 11.9 Å². The summed E-state index contributed by atoms with van der Waals surface area (Å²) in [5, 5.41) is 0. The lowest BCUT2D eigenvalue weighted by molar-refractivity contribution is 0.393. The number of rotatable bonds is 0. The molecule has 2 heterocycles. The minimum Gasteiger partial charge on any atom is -0.314 e. The second kappa shape index (κ2) is 3.21. The number of allylic oxidation sites excluding steroid dienone is 4. The molecule has 0 aliphatic carbocycles. The van der Waals surface area contributed by atoms with Gasteiger partial charge in [-0.25, -0.2) is 0 Å². The zero-order valence-corrected chi connectivity index (χ0v) is 10.9. The van der Waals surface area contributed by atoms with Crippen molar-refractivity contribution in [2.45, 2.75) is 11.1 Å². The van der Waals surface area contributed by atoms with Crippen LogP contribution in [0.4, 0.5) is 0 Å². The molecule has 0 amide bonds. The van der Waals surface area contributed by atoms with E-state index in [1.807, 2.05) is 0 Å². The van der Waals surface area contributed by atoms with Crippen molar-refractivity contribution in [2.75, 3.05) is 0 Å². The molecule has 0 aromatic heterocycles. The van der Waals surface area contributed by atoms with Crippen LogP contribution in [0.15, 0.2) is 35.8 Å². The zero-order chi connectivity index (χ0) is 8.72. The lowest BCUT2D eigenvalue weighted by Gasteiger charge is -2.28. The molecule has 0 spiro atoms. The second-order valence-corrected chi connectivity index (χ2v) is 4.97. The Morgan fingerprint density at radius 1 is 1.50 bits per heavy atom. The summed E-state index contributed by atoms with van der Waals surface area (Å²) in [7, 11) is 0. The van der Waals surface area contributed by atoms with Gasteiger partial charge < -0.3 is 4.90 Å². The van der Waals surface area contributed by atoms with Crippen LogP contribution in [-0.2, 0) is 0 Å². The maximum atomic E-state index is 2.43. The highest BCUT2D eigenvalue weighted by atomic mass is 127. The van der Waals surface area contributed by atoms with Gasteiger partial charge in [-0.2, -0.15) is 0 Å². The Bertz CT molecular complexity index is 293. The van der Waals surface area contributed by atoms with Gasteiger partial charge >= 0.3 is 0 Å².